The summed E-state index contributed by atoms with van der Waals surface area (Å²) in [7, 11) is 0. The lowest BCUT2D eigenvalue weighted by atomic mass is 9.46. The number of fused-ring (bicyclic) bond motifs is 7. The van der Waals surface area contributed by atoms with E-state index in [-0.39, 0.29) is 47.4 Å². The fraction of sp³-hybridized carbons (Fsp3) is 0.647. The molecule has 1 aliphatic heterocycles. The number of allylic oxidation sites excluding steroid dienone is 4. The molecule has 41 heavy (non-hydrogen) atoms. The fourth-order valence-electron chi connectivity index (χ4n) is 9.24. The van der Waals surface area contributed by atoms with Gasteiger partial charge < -0.3 is 24.6 Å². The van der Waals surface area contributed by atoms with Crippen molar-refractivity contribution in [1.82, 2.24) is 0 Å². The molecule has 4 fully saturated rings. The van der Waals surface area contributed by atoms with Crippen LogP contribution in [0.2, 0.25) is 0 Å². The summed E-state index contributed by atoms with van der Waals surface area (Å²) in [6.45, 7) is 10.5. The molecule has 9 atom stereocenters. The molecule has 0 aromatic heterocycles. The summed E-state index contributed by atoms with van der Waals surface area (Å²) >= 11 is 0. The van der Waals surface area contributed by atoms with E-state index >= 15 is 0 Å². The highest BCUT2D eigenvalue weighted by molar-refractivity contribution is 6.01. The van der Waals surface area contributed by atoms with E-state index in [0.717, 1.165) is 43.4 Å². The summed E-state index contributed by atoms with van der Waals surface area (Å²) in [4.78, 5) is 26.5. The largest absolute Gasteiger partial charge is 0.486 e. The lowest BCUT2D eigenvalue weighted by Crippen LogP contribution is -2.63. The van der Waals surface area contributed by atoms with Crippen molar-refractivity contribution in [3.63, 3.8) is 0 Å². The molecule has 0 amide bonds. The molecular weight excluding hydrogens is 518 g/mol. The van der Waals surface area contributed by atoms with Gasteiger partial charge in [0.05, 0.1) is 12.2 Å². The van der Waals surface area contributed by atoms with E-state index in [0.29, 0.717) is 18.2 Å². The highest BCUT2D eigenvalue weighted by Gasteiger charge is 2.75. The van der Waals surface area contributed by atoms with E-state index in [9.17, 15) is 14.7 Å². The van der Waals surface area contributed by atoms with Gasteiger partial charge in [0.1, 0.15) is 12.4 Å². The number of carbonyl (C=O) groups excluding carboxylic acids is 2. The van der Waals surface area contributed by atoms with E-state index in [4.69, 9.17) is 14.2 Å². The van der Waals surface area contributed by atoms with Crippen molar-refractivity contribution >= 4 is 17.3 Å². The van der Waals surface area contributed by atoms with Crippen molar-refractivity contribution in [1.29, 1.82) is 0 Å². The molecule has 3 saturated carbocycles. The van der Waals surface area contributed by atoms with Crippen LogP contribution >= 0.6 is 0 Å². The van der Waals surface area contributed by atoms with Crippen LogP contribution in [0, 0.1) is 28.6 Å². The zero-order valence-corrected chi connectivity index (χ0v) is 25.0. The maximum absolute atomic E-state index is 14.4. The second-order valence-corrected chi connectivity index (χ2v) is 13.7. The van der Waals surface area contributed by atoms with Gasteiger partial charge in [0.2, 0.25) is 5.78 Å². The van der Waals surface area contributed by atoms with Crippen molar-refractivity contribution in [3.8, 4) is 5.75 Å². The predicted octanol–water partition coefficient (Wildman–Crippen LogP) is 5.62. The predicted molar refractivity (Wildman–Crippen MR) is 156 cm³/mol. The number of aliphatic hydroxyl groups is 1. The zero-order chi connectivity index (χ0) is 29.2. The van der Waals surface area contributed by atoms with Crippen molar-refractivity contribution in [2.24, 2.45) is 28.6 Å². The molecule has 0 radical (unpaired) electrons. The van der Waals surface area contributed by atoms with E-state index in [2.05, 4.69) is 39.9 Å². The Hall–Kier alpha value is -2.48. The molecule has 0 unspecified atom stereocenters. The molecule has 7 heteroatoms. The smallest absolute Gasteiger partial charge is 0.205 e. The second-order valence-electron chi connectivity index (χ2n) is 13.7. The first-order chi connectivity index (χ1) is 19.5. The molecular formula is C34H45NO6. The van der Waals surface area contributed by atoms with Gasteiger partial charge in [-0.05, 0) is 94.2 Å². The molecule has 1 aromatic rings. The average Bonchev–Trinajstić information content (AvgIpc) is 3.40. The number of benzene rings is 1. The summed E-state index contributed by atoms with van der Waals surface area (Å²) in [5, 5.41) is 15.2. The monoisotopic (exact) mass is 563 g/mol. The Morgan fingerprint density at radius 1 is 1.22 bits per heavy atom. The van der Waals surface area contributed by atoms with E-state index in [1.165, 1.54) is 0 Å². The third-order valence-corrected chi connectivity index (χ3v) is 10.9. The second kappa shape index (κ2) is 10.4. The topological polar surface area (TPSA) is 94.1 Å². The highest BCUT2D eigenvalue weighted by atomic mass is 16.7. The molecule has 7 nitrogen and oxygen atoms in total. The van der Waals surface area contributed by atoms with Crippen LogP contribution in [0.15, 0.2) is 48.1 Å². The Kier molecular flexibility index (Phi) is 7.23. The number of rotatable bonds is 8. The Morgan fingerprint density at radius 3 is 2.68 bits per heavy atom. The van der Waals surface area contributed by atoms with Gasteiger partial charge in [0, 0.05) is 28.5 Å². The third kappa shape index (κ3) is 4.42. The Balaban J connectivity index is 1.29. The minimum Gasteiger partial charge on any atom is -0.486 e. The number of hydrogen-bond donors (Lipinski definition) is 2. The van der Waals surface area contributed by atoms with Crippen LogP contribution in [0.25, 0.3) is 0 Å². The number of ketones is 2. The zero-order valence-electron chi connectivity index (χ0n) is 25.0. The van der Waals surface area contributed by atoms with Gasteiger partial charge in [-0.2, -0.15) is 0 Å². The summed E-state index contributed by atoms with van der Waals surface area (Å²) in [5.74, 6) is 0.881. The lowest BCUT2D eigenvalue weighted by Gasteiger charge is -2.59. The fourth-order valence-corrected chi connectivity index (χ4v) is 9.24. The normalized spacial score (nSPS) is 40.9. The van der Waals surface area contributed by atoms with Crippen molar-refractivity contribution in [3.05, 3.63) is 48.1 Å². The number of aliphatic hydroxyl groups excluding tert-OH is 1. The third-order valence-electron chi connectivity index (χ3n) is 10.9. The van der Waals surface area contributed by atoms with Crippen molar-refractivity contribution < 1.29 is 28.9 Å². The van der Waals surface area contributed by atoms with Gasteiger partial charge in [-0.15, -0.1) is 0 Å². The maximum atomic E-state index is 14.4. The van der Waals surface area contributed by atoms with Gasteiger partial charge in [-0.3, -0.25) is 9.59 Å². The Labute approximate surface area is 243 Å². The first-order valence-electron chi connectivity index (χ1n) is 15.5. The number of carbonyl (C=O) groups is 2. The standard InChI is InChI=1S/C34H45NO6/c1-6-7-30-40-29-17-26-25-13-8-21-16-23(36)14-15-32(21,4)31(25)27(37)18-33(26,5)34(29,41-30)28(38)19-39-24-11-9-22(10-12-24)35-20(2)3/h9-12,14-16,20,25-27,29-31,35,37H,6-8,13,17-19H2,1-5H3/t25-,26-,27-,29+,30-,31+,32-,33-,34+/m0/s1. The van der Waals surface area contributed by atoms with Gasteiger partial charge in [-0.25, -0.2) is 0 Å². The van der Waals surface area contributed by atoms with Crippen LogP contribution in [-0.2, 0) is 19.1 Å². The molecule has 5 aliphatic rings. The van der Waals surface area contributed by atoms with Crippen LogP contribution in [0.1, 0.15) is 73.1 Å². The molecule has 4 aliphatic carbocycles. The summed E-state index contributed by atoms with van der Waals surface area (Å²) < 4.78 is 19.3. The summed E-state index contributed by atoms with van der Waals surface area (Å²) in [5.41, 5.74) is -0.00821. The SMILES string of the molecule is CCC[C@H]1O[C@@H]2C[C@H]3[C@@H]4CCC5=CC(=O)C=C[C@]5(C)[C@H]4[C@@H](O)C[C@]3(C)[C@]2(C(=O)COc2ccc(NC(C)C)cc2)O1. The molecule has 1 heterocycles. The molecule has 1 aromatic carbocycles. The number of anilines is 1. The van der Waals surface area contributed by atoms with E-state index < -0.39 is 23.4 Å². The quantitative estimate of drug-likeness (QED) is 0.424. The number of hydrogen-bond acceptors (Lipinski definition) is 7. The highest BCUT2D eigenvalue weighted by Crippen LogP contribution is 2.69. The van der Waals surface area contributed by atoms with Crippen LogP contribution in [-0.4, -0.2) is 53.4 Å². The maximum Gasteiger partial charge on any atom is 0.205 e. The average molecular weight is 564 g/mol. The Bertz CT molecular complexity index is 1250. The van der Waals surface area contributed by atoms with E-state index in [1.54, 1.807) is 12.2 Å². The molecule has 1 saturated heterocycles. The van der Waals surface area contributed by atoms with Gasteiger partial charge >= 0.3 is 0 Å². The number of Topliss-reactive ketones (excluding diaryl/α,β-unsaturated/α-hetero) is 1. The minimum atomic E-state index is -1.17. The van der Waals surface area contributed by atoms with Crippen LogP contribution in [0.3, 0.4) is 0 Å². The van der Waals surface area contributed by atoms with Gasteiger partial charge in [0.25, 0.3) is 0 Å². The first-order valence-corrected chi connectivity index (χ1v) is 15.5. The summed E-state index contributed by atoms with van der Waals surface area (Å²) in [6.07, 6.45) is 8.50. The van der Waals surface area contributed by atoms with Crippen LogP contribution in [0.5, 0.6) is 5.75 Å². The van der Waals surface area contributed by atoms with Crippen LogP contribution in [0.4, 0.5) is 5.69 Å². The molecule has 222 valence electrons. The lowest BCUT2D eigenvalue weighted by molar-refractivity contribution is -0.200. The van der Waals surface area contributed by atoms with Crippen molar-refractivity contribution in [2.75, 3.05) is 11.9 Å². The summed E-state index contributed by atoms with van der Waals surface area (Å²) in [6, 6.07) is 7.99. The molecule has 0 spiro atoms. The van der Waals surface area contributed by atoms with Gasteiger partial charge in [0.15, 0.2) is 17.7 Å². The molecule has 0 bridgehead atoms. The van der Waals surface area contributed by atoms with Gasteiger partial charge in [-0.1, -0.05) is 38.8 Å². The number of ether oxygens (including phenoxy) is 3. The first kappa shape index (κ1) is 28.6. The van der Waals surface area contributed by atoms with Crippen LogP contribution < -0.4 is 10.1 Å². The minimum absolute atomic E-state index is 0.0171. The van der Waals surface area contributed by atoms with Crippen molar-refractivity contribution in [2.45, 2.75) is 103 Å². The number of nitrogens with one attached hydrogen (secondary N) is 1. The van der Waals surface area contributed by atoms with E-state index in [1.807, 2.05) is 30.3 Å². The Morgan fingerprint density at radius 2 is 1.98 bits per heavy atom. The molecule has 2 N–H and O–H groups in total. The molecule has 6 rings (SSSR count).